The van der Waals surface area contributed by atoms with Crippen LogP contribution in [0.25, 0.3) is 10.4 Å². The summed E-state index contributed by atoms with van der Waals surface area (Å²) >= 11 is 7.64. The van der Waals surface area contributed by atoms with Crippen LogP contribution in [0.2, 0.25) is 5.02 Å². The maximum atomic E-state index is 13.2. The van der Waals surface area contributed by atoms with Crippen molar-refractivity contribution in [1.82, 2.24) is 0 Å². The van der Waals surface area contributed by atoms with Crippen molar-refractivity contribution < 1.29 is 9.53 Å². The fraction of sp³-hybridized carbons (Fsp3) is 0.190. The molecule has 0 saturated carbocycles. The molecular formula is C21H18ClNO2S. The number of nitrogens with zero attached hydrogens (tertiary/aromatic N) is 1. The van der Waals surface area contributed by atoms with Crippen molar-refractivity contribution in [2.45, 2.75) is 20.5 Å². The van der Waals surface area contributed by atoms with Gasteiger partial charge in [0.25, 0.3) is 5.91 Å². The van der Waals surface area contributed by atoms with Crippen LogP contribution in [0, 0.1) is 6.92 Å². The van der Waals surface area contributed by atoms with Crippen LogP contribution in [-0.2, 0) is 6.61 Å². The monoisotopic (exact) mass is 383 g/mol. The maximum absolute atomic E-state index is 13.2. The number of thiophene rings is 1. The third-order valence-electron chi connectivity index (χ3n) is 4.55. The van der Waals surface area contributed by atoms with E-state index < -0.39 is 0 Å². The van der Waals surface area contributed by atoms with Crippen LogP contribution in [0.15, 0.2) is 48.5 Å². The minimum Gasteiger partial charge on any atom is -0.488 e. The van der Waals surface area contributed by atoms with Gasteiger partial charge in [-0.25, -0.2) is 0 Å². The largest absolute Gasteiger partial charge is 0.488 e. The van der Waals surface area contributed by atoms with Crippen molar-refractivity contribution >= 4 is 34.5 Å². The number of benzene rings is 2. The molecule has 0 unspecified atom stereocenters. The highest BCUT2D eigenvalue weighted by Gasteiger charge is 2.26. The molecule has 1 aliphatic rings. The Bertz CT molecular complexity index is 995. The topological polar surface area (TPSA) is 29.5 Å². The average molecular weight is 384 g/mol. The normalized spacial score (nSPS) is 12.1. The van der Waals surface area contributed by atoms with Crippen molar-refractivity contribution in [2.24, 2.45) is 0 Å². The van der Waals surface area contributed by atoms with E-state index in [1.54, 1.807) is 4.90 Å². The Morgan fingerprint density at radius 1 is 1.23 bits per heavy atom. The minimum atomic E-state index is -0.00991. The lowest BCUT2D eigenvalue weighted by Gasteiger charge is -2.20. The first kappa shape index (κ1) is 17.1. The summed E-state index contributed by atoms with van der Waals surface area (Å²) in [7, 11) is 0. The lowest BCUT2D eigenvalue weighted by atomic mass is 10.0. The molecule has 2 aromatic carbocycles. The third kappa shape index (κ3) is 2.89. The van der Waals surface area contributed by atoms with Gasteiger partial charge >= 0.3 is 0 Å². The summed E-state index contributed by atoms with van der Waals surface area (Å²) in [5, 5.41) is 0.622. The number of rotatable bonds is 3. The summed E-state index contributed by atoms with van der Waals surface area (Å²) in [4.78, 5) is 16.8. The number of anilines is 1. The molecule has 2 heterocycles. The molecule has 5 heteroatoms. The molecule has 0 spiro atoms. The van der Waals surface area contributed by atoms with E-state index in [2.05, 4.69) is 13.0 Å². The summed E-state index contributed by atoms with van der Waals surface area (Å²) in [5.74, 6) is 0.879. The van der Waals surface area contributed by atoms with Crippen LogP contribution in [-0.4, -0.2) is 12.5 Å². The highest BCUT2D eigenvalue weighted by Crippen LogP contribution is 2.44. The summed E-state index contributed by atoms with van der Waals surface area (Å²) in [5.41, 5.74) is 4.14. The Kier molecular flexibility index (Phi) is 4.47. The number of fused-ring (bicyclic) bond motifs is 3. The first-order valence-electron chi connectivity index (χ1n) is 8.51. The summed E-state index contributed by atoms with van der Waals surface area (Å²) in [6.07, 6.45) is 0. The van der Waals surface area contributed by atoms with E-state index in [1.807, 2.05) is 49.4 Å². The molecular weight excluding hydrogens is 366 g/mol. The lowest BCUT2D eigenvalue weighted by Crippen LogP contribution is -2.29. The fourth-order valence-corrected chi connectivity index (χ4v) is 4.70. The molecule has 0 bridgehead atoms. The van der Waals surface area contributed by atoms with E-state index in [0.29, 0.717) is 18.2 Å². The molecule has 0 radical (unpaired) electrons. The number of hydrogen-bond acceptors (Lipinski definition) is 3. The zero-order valence-corrected chi connectivity index (χ0v) is 16.2. The Balaban J connectivity index is 1.74. The van der Waals surface area contributed by atoms with Gasteiger partial charge in [-0.1, -0.05) is 29.8 Å². The first-order valence-corrected chi connectivity index (χ1v) is 9.71. The number of aryl methyl sites for hydroxylation is 1. The van der Waals surface area contributed by atoms with Crippen molar-refractivity contribution in [3.8, 4) is 16.2 Å². The maximum Gasteiger partial charge on any atom is 0.268 e. The summed E-state index contributed by atoms with van der Waals surface area (Å²) < 4.78 is 5.88. The van der Waals surface area contributed by atoms with Crippen LogP contribution in [0.4, 0.5) is 5.69 Å². The molecule has 0 atom stereocenters. The van der Waals surface area contributed by atoms with Gasteiger partial charge in [-0.15, -0.1) is 11.3 Å². The molecule has 26 heavy (non-hydrogen) atoms. The number of halogens is 1. The molecule has 3 aromatic rings. The Morgan fingerprint density at radius 2 is 2.04 bits per heavy atom. The van der Waals surface area contributed by atoms with E-state index in [4.69, 9.17) is 16.3 Å². The van der Waals surface area contributed by atoms with Gasteiger partial charge in [0.15, 0.2) is 0 Å². The number of hydrogen-bond donors (Lipinski definition) is 0. The smallest absolute Gasteiger partial charge is 0.268 e. The molecule has 1 aliphatic heterocycles. The SMILES string of the molecule is CCN(C(=O)c1cc2c(s1)-c1c(C)cccc1OC2)c1cccc(Cl)c1. The van der Waals surface area contributed by atoms with Gasteiger partial charge in [-0.2, -0.15) is 0 Å². The quantitative estimate of drug-likeness (QED) is 0.560. The molecule has 0 saturated heterocycles. The molecule has 0 fully saturated rings. The predicted octanol–water partition coefficient (Wildman–Crippen LogP) is 5.94. The van der Waals surface area contributed by atoms with Crippen LogP contribution in [0.1, 0.15) is 27.7 Å². The van der Waals surface area contributed by atoms with Crippen molar-refractivity contribution in [3.63, 3.8) is 0 Å². The number of ether oxygens (including phenoxy) is 1. The number of amides is 1. The van der Waals surface area contributed by atoms with Gasteiger partial charge in [0.1, 0.15) is 12.4 Å². The average Bonchev–Trinajstić information content (AvgIpc) is 3.07. The second kappa shape index (κ2) is 6.78. The molecule has 1 amide bonds. The molecule has 0 N–H and O–H groups in total. The van der Waals surface area contributed by atoms with Crippen molar-refractivity contribution in [3.05, 3.63) is 69.6 Å². The van der Waals surface area contributed by atoms with Crippen molar-refractivity contribution in [1.29, 1.82) is 0 Å². The van der Waals surface area contributed by atoms with Gasteiger partial charge in [-0.05, 0) is 49.7 Å². The molecule has 4 rings (SSSR count). The highest BCUT2D eigenvalue weighted by atomic mass is 35.5. The highest BCUT2D eigenvalue weighted by molar-refractivity contribution is 7.17. The molecule has 1 aromatic heterocycles. The zero-order chi connectivity index (χ0) is 18.3. The van der Waals surface area contributed by atoms with Gasteiger partial charge in [0.05, 0.1) is 4.88 Å². The Labute approximate surface area is 161 Å². The summed E-state index contributed by atoms with van der Waals surface area (Å²) in [6.45, 7) is 5.12. The lowest BCUT2D eigenvalue weighted by molar-refractivity contribution is 0.0992. The van der Waals surface area contributed by atoms with Gasteiger partial charge < -0.3 is 9.64 Å². The molecule has 3 nitrogen and oxygen atoms in total. The van der Waals surface area contributed by atoms with Gasteiger partial charge in [0, 0.05) is 33.3 Å². The van der Waals surface area contributed by atoms with Crippen LogP contribution in [0.5, 0.6) is 5.75 Å². The predicted molar refractivity (Wildman–Crippen MR) is 108 cm³/mol. The van der Waals surface area contributed by atoms with Crippen LogP contribution >= 0.6 is 22.9 Å². The van der Waals surface area contributed by atoms with Gasteiger partial charge in [0.2, 0.25) is 0 Å². The Morgan fingerprint density at radius 3 is 2.81 bits per heavy atom. The fourth-order valence-electron chi connectivity index (χ4n) is 3.28. The van der Waals surface area contributed by atoms with Crippen LogP contribution in [0.3, 0.4) is 0 Å². The third-order valence-corrected chi connectivity index (χ3v) is 5.96. The van der Waals surface area contributed by atoms with E-state index in [9.17, 15) is 4.79 Å². The van der Waals surface area contributed by atoms with E-state index in [-0.39, 0.29) is 5.91 Å². The molecule has 132 valence electrons. The van der Waals surface area contributed by atoms with E-state index in [0.717, 1.165) is 37.9 Å². The minimum absolute atomic E-state index is 0.00991. The molecule has 0 aliphatic carbocycles. The summed E-state index contributed by atoms with van der Waals surface area (Å²) in [6, 6.07) is 15.4. The number of carbonyl (C=O) groups excluding carboxylic acids is 1. The second-order valence-corrected chi connectivity index (χ2v) is 7.72. The van der Waals surface area contributed by atoms with Crippen LogP contribution < -0.4 is 9.64 Å². The number of carbonyl (C=O) groups is 1. The van der Waals surface area contributed by atoms with Gasteiger partial charge in [-0.3, -0.25) is 4.79 Å². The zero-order valence-electron chi connectivity index (χ0n) is 14.6. The van der Waals surface area contributed by atoms with Crippen molar-refractivity contribution in [2.75, 3.05) is 11.4 Å². The Hall–Kier alpha value is -2.30. The standard InChI is InChI=1S/C21H18ClNO2S/c1-3-23(16-8-5-7-15(22)11-16)21(24)18-10-14-12-25-17-9-4-6-13(2)19(17)20(14)26-18/h4-11H,3,12H2,1-2H3. The second-order valence-electron chi connectivity index (χ2n) is 6.23. The van der Waals surface area contributed by atoms with E-state index in [1.165, 1.54) is 11.3 Å². The van der Waals surface area contributed by atoms with E-state index >= 15 is 0 Å². The first-order chi connectivity index (χ1) is 12.6.